The monoisotopic (exact) mass is 370 g/mol. The maximum absolute atomic E-state index is 12.7. The number of hydrogen-bond donors (Lipinski definition) is 0. The van der Waals surface area contributed by atoms with Crippen LogP contribution in [-0.2, 0) is 16.1 Å². The lowest BCUT2D eigenvalue weighted by Crippen LogP contribution is -2.37. The van der Waals surface area contributed by atoms with E-state index in [1.165, 1.54) is 11.3 Å². The average Bonchev–Trinajstić information content (AvgIpc) is 3.02. The Hall–Kier alpha value is -2.64. The second-order valence-corrected chi connectivity index (χ2v) is 6.82. The summed E-state index contributed by atoms with van der Waals surface area (Å²) >= 11 is 1.48. The molecule has 0 saturated heterocycles. The van der Waals surface area contributed by atoms with E-state index in [4.69, 9.17) is 14.2 Å². The second-order valence-electron chi connectivity index (χ2n) is 5.81. The summed E-state index contributed by atoms with van der Waals surface area (Å²) in [5, 5.41) is 0. The quantitative estimate of drug-likeness (QED) is 0.708. The van der Waals surface area contributed by atoms with Gasteiger partial charge in [0.25, 0.3) is 5.91 Å². The van der Waals surface area contributed by atoms with E-state index in [2.05, 4.69) is 4.99 Å². The van der Waals surface area contributed by atoms with E-state index in [1.807, 2.05) is 47.0 Å². The fraction of sp³-hybridized carbons (Fsp3) is 0.263. The summed E-state index contributed by atoms with van der Waals surface area (Å²) in [6, 6.07) is 15.3. The fourth-order valence-electron chi connectivity index (χ4n) is 2.81. The molecular weight excluding hydrogens is 352 g/mol. The predicted molar refractivity (Wildman–Crippen MR) is 98.6 cm³/mol. The third-order valence-electron chi connectivity index (χ3n) is 4.10. The van der Waals surface area contributed by atoms with Crippen LogP contribution in [0.5, 0.6) is 11.5 Å². The van der Waals surface area contributed by atoms with Gasteiger partial charge in [-0.15, -0.1) is 0 Å². The lowest BCUT2D eigenvalue weighted by Gasteiger charge is -2.23. The van der Waals surface area contributed by atoms with Gasteiger partial charge in [-0.1, -0.05) is 35.6 Å². The second kappa shape index (κ2) is 7.31. The van der Waals surface area contributed by atoms with Crippen molar-refractivity contribution in [3.63, 3.8) is 0 Å². The molecule has 0 saturated carbocycles. The smallest absolute Gasteiger partial charge is 0.292 e. The zero-order valence-corrected chi connectivity index (χ0v) is 15.1. The number of para-hydroxylation sites is 3. The van der Waals surface area contributed by atoms with Gasteiger partial charge in [-0.25, -0.2) is 0 Å². The van der Waals surface area contributed by atoms with Gasteiger partial charge in [0.1, 0.15) is 6.61 Å². The fourth-order valence-corrected chi connectivity index (χ4v) is 3.87. The number of amides is 1. The van der Waals surface area contributed by atoms with E-state index >= 15 is 0 Å². The van der Waals surface area contributed by atoms with Crippen molar-refractivity contribution in [1.29, 1.82) is 0 Å². The molecule has 0 unspecified atom stereocenters. The normalized spacial score (nSPS) is 16.8. The Balaban J connectivity index is 1.66. The first-order chi connectivity index (χ1) is 12.8. The van der Waals surface area contributed by atoms with E-state index in [0.29, 0.717) is 29.5 Å². The van der Waals surface area contributed by atoms with Gasteiger partial charge in [-0.05, 0) is 24.3 Å². The largest absolute Gasteiger partial charge is 0.485 e. The molecule has 2 aromatic carbocycles. The number of hydrogen-bond acceptors (Lipinski definition) is 5. The summed E-state index contributed by atoms with van der Waals surface area (Å²) < 4.78 is 19.6. The van der Waals surface area contributed by atoms with Gasteiger partial charge in [0, 0.05) is 13.7 Å². The number of rotatable bonds is 4. The van der Waals surface area contributed by atoms with E-state index < -0.39 is 6.10 Å². The van der Waals surface area contributed by atoms with Crippen molar-refractivity contribution in [1.82, 2.24) is 4.57 Å². The summed E-state index contributed by atoms with van der Waals surface area (Å²) in [6.45, 7) is 1.32. The van der Waals surface area contributed by atoms with Gasteiger partial charge in [0.15, 0.2) is 16.3 Å². The van der Waals surface area contributed by atoms with Crippen molar-refractivity contribution in [2.24, 2.45) is 4.99 Å². The summed E-state index contributed by atoms with van der Waals surface area (Å²) in [4.78, 5) is 17.6. The number of benzene rings is 2. The zero-order valence-electron chi connectivity index (χ0n) is 14.3. The van der Waals surface area contributed by atoms with Crippen molar-refractivity contribution in [3.05, 3.63) is 53.3 Å². The molecule has 1 aliphatic rings. The van der Waals surface area contributed by atoms with Crippen molar-refractivity contribution in [3.8, 4) is 11.5 Å². The molecule has 6 nitrogen and oxygen atoms in total. The molecule has 0 aliphatic carbocycles. The molecule has 7 heteroatoms. The summed E-state index contributed by atoms with van der Waals surface area (Å²) in [6.07, 6.45) is -0.744. The minimum Gasteiger partial charge on any atom is -0.485 e. The number of fused-ring (bicyclic) bond motifs is 2. The van der Waals surface area contributed by atoms with E-state index in [9.17, 15) is 4.79 Å². The maximum Gasteiger partial charge on any atom is 0.292 e. The lowest BCUT2D eigenvalue weighted by molar-refractivity contribution is -0.127. The molecule has 0 radical (unpaired) electrons. The van der Waals surface area contributed by atoms with E-state index in [1.54, 1.807) is 13.2 Å². The minimum absolute atomic E-state index is 0.155. The van der Waals surface area contributed by atoms with E-state index in [0.717, 1.165) is 10.2 Å². The van der Waals surface area contributed by atoms with Gasteiger partial charge in [0.05, 0.1) is 16.8 Å². The lowest BCUT2D eigenvalue weighted by atomic mass is 10.2. The molecular formula is C19H18N2O4S. The summed E-state index contributed by atoms with van der Waals surface area (Å²) in [5.41, 5.74) is 1.03. The molecule has 26 heavy (non-hydrogen) atoms. The molecule has 3 aromatic rings. The van der Waals surface area contributed by atoms with Crippen LogP contribution in [-0.4, -0.2) is 36.9 Å². The van der Waals surface area contributed by atoms with Crippen molar-refractivity contribution in [2.45, 2.75) is 12.6 Å². The molecule has 2 heterocycles. The number of methoxy groups -OCH3 is 1. The standard InChI is InChI=1S/C19H18N2O4S/c1-23-11-10-21-13-6-2-5-9-17(13)26-19(21)20-18(22)16-12-24-14-7-3-4-8-15(14)25-16/h2-9,16H,10-12H2,1H3/t16-/m1/s1. The Morgan fingerprint density at radius 3 is 2.85 bits per heavy atom. The number of carbonyl (C=O) groups is 1. The van der Waals surface area contributed by atoms with Crippen LogP contribution in [0.25, 0.3) is 10.2 Å². The maximum atomic E-state index is 12.7. The Labute approximate surface area is 154 Å². The van der Waals surface area contributed by atoms with Crippen LogP contribution in [0.2, 0.25) is 0 Å². The zero-order chi connectivity index (χ0) is 17.9. The van der Waals surface area contributed by atoms with Crippen molar-refractivity contribution in [2.75, 3.05) is 20.3 Å². The van der Waals surface area contributed by atoms with Crippen molar-refractivity contribution < 1.29 is 19.0 Å². The Bertz CT molecular complexity index is 1010. The molecule has 1 atom stereocenters. The van der Waals surface area contributed by atoms with Crippen LogP contribution < -0.4 is 14.3 Å². The molecule has 1 amide bonds. The predicted octanol–water partition coefficient (Wildman–Crippen LogP) is 2.62. The number of ether oxygens (including phenoxy) is 3. The Kier molecular flexibility index (Phi) is 4.73. The van der Waals surface area contributed by atoms with Crippen LogP contribution >= 0.6 is 11.3 Å². The van der Waals surface area contributed by atoms with Gasteiger partial charge in [-0.2, -0.15) is 4.99 Å². The summed E-state index contributed by atoms with van der Waals surface area (Å²) in [7, 11) is 1.65. The van der Waals surface area contributed by atoms with Crippen LogP contribution in [0, 0.1) is 0 Å². The van der Waals surface area contributed by atoms with Gasteiger partial charge < -0.3 is 18.8 Å². The van der Waals surface area contributed by atoms with Gasteiger partial charge in [-0.3, -0.25) is 4.79 Å². The van der Waals surface area contributed by atoms with Crippen LogP contribution in [0.4, 0.5) is 0 Å². The van der Waals surface area contributed by atoms with E-state index in [-0.39, 0.29) is 12.5 Å². The average molecular weight is 370 g/mol. The minimum atomic E-state index is -0.744. The molecule has 134 valence electrons. The number of nitrogens with zero attached hydrogens (tertiary/aromatic N) is 2. The van der Waals surface area contributed by atoms with Crippen LogP contribution in [0.15, 0.2) is 53.5 Å². The third-order valence-corrected chi connectivity index (χ3v) is 5.16. The topological polar surface area (TPSA) is 62.1 Å². The van der Waals surface area contributed by atoms with Crippen LogP contribution in [0.1, 0.15) is 0 Å². The summed E-state index contributed by atoms with van der Waals surface area (Å²) in [5.74, 6) is 0.863. The number of aromatic nitrogens is 1. The molecule has 0 spiro atoms. The first kappa shape index (κ1) is 16.8. The van der Waals surface area contributed by atoms with Gasteiger partial charge in [0.2, 0.25) is 6.10 Å². The third kappa shape index (κ3) is 3.23. The van der Waals surface area contributed by atoms with Crippen LogP contribution in [0.3, 0.4) is 0 Å². The molecule has 0 bridgehead atoms. The molecule has 1 aromatic heterocycles. The highest BCUT2D eigenvalue weighted by Gasteiger charge is 2.27. The SMILES string of the molecule is COCCn1c(=NC(=O)[C@H]2COc3ccccc3O2)sc2ccccc21. The first-order valence-electron chi connectivity index (χ1n) is 8.30. The Morgan fingerprint density at radius 1 is 1.23 bits per heavy atom. The number of carbonyl (C=O) groups excluding carboxylic acids is 1. The molecule has 0 fully saturated rings. The van der Waals surface area contributed by atoms with Gasteiger partial charge >= 0.3 is 0 Å². The molecule has 0 N–H and O–H groups in total. The Morgan fingerprint density at radius 2 is 2.00 bits per heavy atom. The number of thiazole rings is 1. The highest BCUT2D eigenvalue weighted by Crippen LogP contribution is 2.31. The highest BCUT2D eigenvalue weighted by molar-refractivity contribution is 7.16. The molecule has 1 aliphatic heterocycles. The van der Waals surface area contributed by atoms with Crippen molar-refractivity contribution >= 4 is 27.5 Å². The highest BCUT2D eigenvalue weighted by atomic mass is 32.1. The first-order valence-corrected chi connectivity index (χ1v) is 9.12. The molecule has 4 rings (SSSR count).